The number of hydrogen-bond donors (Lipinski definition) is 2. The fourth-order valence-corrected chi connectivity index (χ4v) is 2.29. The van der Waals surface area contributed by atoms with Crippen molar-refractivity contribution in [3.8, 4) is 0 Å². The van der Waals surface area contributed by atoms with Crippen LogP contribution >= 0.6 is 0 Å². The van der Waals surface area contributed by atoms with E-state index < -0.39 is 0 Å². The Morgan fingerprint density at radius 1 is 0.947 bits per heavy atom. The largest absolute Gasteiger partial charge is 0.383 e. The van der Waals surface area contributed by atoms with Crippen molar-refractivity contribution in [2.45, 2.75) is 6.92 Å². The van der Waals surface area contributed by atoms with Crippen LogP contribution in [0.5, 0.6) is 0 Å². The molecular weight excluding hydrogens is 234 g/mol. The standard InChI is InChI=1S/C16H15N3/c1-11-15(12-7-3-2-4-8-12)16(17)19-14-10-6-5-9-13(14)18-11/h2-10,18H,1H3,(H2,17,19). The number of rotatable bonds is 1. The van der Waals surface area contributed by atoms with Crippen molar-refractivity contribution in [1.82, 2.24) is 0 Å². The van der Waals surface area contributed by atoms with Gasteiger partial charge in [0.25, 0.3) is 0 Å². The molecule has 3 N–H and O–H groups in total. The van der Waals surface area contributed by atoms with Gasteiger partial charge in [-0.3, -0.25) is 0 Å². The van der Waals surface area contributed by atoms with Gasteiger partial charge in [-0.15, -0.1) is 0 Å². The van der Waals surface area contributed by atoms with E-state index in [0.29, 0.717) is 5.84 Å². The highest BCUT2D eigenvalue weighted by molar-refractivity contribution is 6.24. The number of aliphatic imine (C=N–C) groups is 1. The predicted molar refractivity (Wildman–Crippen MR) is 80.4 cm³/mol. The Kier molecular flexibility index (Phi) is 2.80. The van der Waals surface area contributed by atoms with Crippen molar-refractivity contribution in [1.29, 1.82) is 0 Å². The number of fused-ring (bicyclic) bond motifs is 1. The van der Waals surface area contributed by atoms with Gasteiger partial charge in [-0.05, 0) is 24.6 Å². The summed E-state index contributed by atoms with van der Waals surface area (Å²) in [6.45, 7) is 2.02. The molecule has 0 radical (unpaired) electrons. The van der Waals surface area contributed by atoms with E-state index in [1.54, 1.807) is 0 Å². The number of anilines is 1. The average molecular weight is 249 g/mol. The summed E-state index contributed by atoms with van der Waals surface area (Å²) in [7, 11) is 0. The third-order valence-corrected chi connectivity index (χ3v) is 3.16. The van der Waals surface area contributed by atoms with Crippen molar-refractivity contribution in [2.75, 3.05) is 5.32 Å². The Morgan fingerprint density at radius 2 is 1.63 bits per heavy atom. The minimum absolute atomic E-state index is 0.543. The lowest BCUT2D eigenvalue weighted by molar-refractivity contribution is 1.39. The average Bonchev–Trinajstić information content (AvgIpc) is 2.54. The second kappa shape index (κ2) is 4.61. The van der Waals surface area contributed by atoms with Crippen molar-refractivity contribution >= 4 is 22.8 Å². The molecule has 0 saturated carbocycles. The molecule has 0 fully saturated rings. The molecule has 0 amide bonds. The summed E-state index contributed by atoms with van der Waals surface area (Å²) in [5.41, 5.74) is 11.1. The molecule has 0 bridgehead atoms. The molecule has 0 atom stereocenters. The lowest BCUT2D eigenvalue weighted by Crippen LogP contribution is -2.15. The molecule has 1 aliphatic rings. The van der Waals surface area contributed by atoms with Gasteiger partial charge in [0.2, 0.25) is 0 Å². The Bertz CT molecular complexity index is 669. The van der Waals surface area contributed by atoms with Crippen molar-refractivity contribution in [3.63, 3.8) is 0 Å². The first-order chi connectivity index (χ1) is 9.25. The summed E-state index contributed by atoms with van der Waals surface area (Å²) in [5, 5.41) is 3.39. The zero-order valence-corrected chi connectivity index (χ0v) is 10.7. The molecule has 3 rings (SSSR count). The molecule has 1 heterocycles. The molecule has 3 heteroatoms. The van der Waals surface area contributed by atoms with Crippen LogP contribution in [0.25, 0.3) is 5.57 Å². The number of nitrogens with one attached hydrogen (secondary N) is 1. The highest BCUT2D eigenvalue weighted by Gasteiger charge is 2.15. The molecule has 1 aliphatic heterocycles. The summed E-state index contributed by atoms with van der Waals surface area (Å²) in [6.07, 6.45) is 0. The van der Waals surface area contributed by atoms with Crippen LogP contribution in [-0.4, -0.2) is 5.84 Å². The number of nitrogens with two attached hydrogens (primary N) is 1. The van der Waals surface area contributed by atoms with Gasteiger partial charge in [0.15, 0.2) is 0 Å². The summed E-state index contributed by atoms with van der Waals surface area (Å²) in [6, 6.07) is 18.0. The van der Waals surface area contributed by atoms with Gasteiger partial charge in [0, 0.05) is 11.3 Å². The van der Waals surface area contributed by atoms with E-state index in [2.05, 4.69) is 10.3 Å². The van der Waals surface area contributed by atoms with Crippen molar-refractivity contribution in [2.24, 2.45) is 10.7 Å². The normalized spacial score (nSPS) is 14.3. The predicted octanol–water partition coefficient (Wildman–Crippen LogP) is 3.53. The molecule has 19 heavy (non-hydrogen) atoms. The Hall–Kier alpha value is -2.55. The smallest absolute Gasteiger partial charge is 0.133 e. The van der Waals surface area contributed by atoms with Crippen molar-refractivity contribution in [3.05, 3.63) is 65.9 Å². The molecular formula is C16H15N3. The van der Waals surface area contributed by atoms with E-state index in [1.807, 2.05) is 61.5 Å². The minimum Gasteiger partial charge on any atom is -0.383 e. The third-order valence-electron chi connectivity index (χ3n) is 3.16. The number of benzene rings is 2. The van der Waals surface area contributed by atoms with Gasteiger partial charge < -0.3 is 11.1 Å². The van der Waals surface area contributed by atoms with E-state index in [1.165, 1.54) is 0 Å². The molecule has 0 unspecified atom stereocenters. The summed E-state index contributed by atoms with van der Waals surface area (Å²) in [5.74, 6) is 0.543. The molecule has 94 valence electrons. The van der Waals surface area contributed by atoms with Crippen LogP contribution in [0.2, 0.25) is 0 Å². The second-order valence-corrected chi connectivity index (χ2v) is 4.51. The first-order valence-electron chi connectivity index (χ1n) is 6.22. The van der Waals surface area contributed by atoms with E-state index in [9.17, 15) is 0 Å². The van der Waals surface area contributed by atoms with Gasteiger partial charge in [-0.2, -0.15) is 0 Å². The van der Waals surface area contributed by atoms with Crippen LogP contribution in [0.1, 0.15) is 12.5 Å². The second-order valence-electron chi connectivity index (χ2n) is 4.51. The highest BCUT2D eigenvalue weighted by Crippen LogP contribution is 2.32. The lowest BCUT2D eigenvalue weighted by Gasteiger charge is -2.11. The SMILES string of the molecule is CC1=C(c2ccccc2)C(N)=Nc2ccccc2N1. The first kappa shape index (κ1) is 11.5. The number of nitrogens with zero attached hydrogens (tertiary/aromatic N) is 1. The molecule has 0 aromatic heterocycles. The molecule has 0 spiro atoms. The number of amidine groups is 1. The molecule has 2 aromatic rings. The third kappa shape index (κ3) is 2.10. The highest BCUT2D eigenvalue weighted by atomic mass is 15.0. The van der Waals surface area contributed by atoms with E-state index in [0.717, 1.165) is 28.2 Å². The maximum absolute atomic E-state index is 6.17. The van der Waals surface area contributed by atoms with E-state index in [4.69, 9.17) is 5.73 Å². The van der Waals surface area contributed by atoms with Crippen LogP contribution in [0.4, 0.5) is 11.4 Å². The Labute approximate surface area is 112 Å². The molecule has 2 aromatic carbocycles. The number of para-hydroxylation sites is 2. The van der Waals surface area contributed by atoms with Gasteiger partial charge in [-0.1, -0.05) is 42.5 Å². The molecule has 3 nitrogen and oxygen atoms in total. The summed E-state index contributed by atoms with van der Waals surface area (Å²) in [4.78, 5) is 4.52. The zero-order chi connectivity index (χ0) is 13.2. The topological polar surface area (TPSA) is 50.4 Å². The maximum atomic E-state index is 6.17. The van der Waals surface area contributed by atoms with Gasteiger partial charge in [0.1, 0.15) is 5.84 Å². The molecule has 0 saturated heterocycles. The van der Waals surface area contributed by atoms with E-state index in [-0.39, 0.29) is 0 Å². The van der Waals surface area contributed by atoms with Crippen LogP contribution in [0.15, 0.2) is 65.3 Å². The van der Waals surface area contributed by atoms with Gasteiger partial charge >= 0.3 is 0 Å². The fourth-order valence-electron chi connectivity index (χ4n) is 2.29. The van der Waals surface area contributed by atoms with Gasteiger partial charge in [-0.25, -0.2) is 4.99 Å². The number of hydrogen-bond acceptors (Lipinski definition) is 3. The monoisotopic (exact) mass is 249 g/mol. The number of allylic oxidation sites excluding steroid dienone is 1. The molecule has 0 aliphatic carbocycles. The Morgan fingerprint density at radius 3 is 2.42 bits per heavy atom. The summed E-state index contributed by atoms with van der Waals surface area (Å²) < 4.78 is 0. The van der Waals surface area contributed by atoms with E-state index >= 15 is 0 Å². The summed E-state index contributed by atoms with van der Waals surface area (Å²) >= 11 is 0. The fraction of sp³-hybridized carbons (Fsp3) is 0.0625. The van der Waals surface area contributed by atoms with Crippen LogP contribution in [-0.2, 0) is 0 Å². The van der Waals surface area contributed by atoms with Crippen molar-refractivity contribution < 1.29 is 0 Å². The maximum Gasteiger partial charge on any atom is 0.133 e. The van der Waals surface area contributed by atoms with Crippen LogP contribution < -0.4 is 11.1 Å². The van der Waals surface area contributed by atoms with Gasteiger partial charge in [0.05, 0.1) is 11.4 Å². The zero-order valence-electron chi connectivity index (χ0n) is 10.7. The van der Waals surface area contributed by atoms with Crippen LogP contribution in [0, 0.1) is 0 Å². The first-order valence-corrected chi connectivity index (χ1v) is 6.22. The Balaban J connectivity index is 2.16. The van der Waals surface area contributed by atoms with Crippen LogP contribution in [0.3, 0.4) is 0 Å². The minimum atomic E-state index is 0.543. The quantitative estimate of drug-likeness (QED) is 0.812. The lowest BCUT2D eigenvalue weighted by atomic mass is 10.0.